The second kappa shape index (κ2) is 7.36. The normalized spacial score (nSPS) is 20.8. The number of carbonyl (C=O) groups is 1. The molecule has 10 heteroatoms. The van der Waals surface area contributed by atoms with Crippen LogP contribution in [-0.4, -0.2) is 80.3 Å². The van der Waals surface area contributed by atoms with E-state index in [0.29, 0.717) is 74.0 Å². The van der Waals surface area contributed by atoms with Gasteiger partial charge in [-0.25, -0.2) is 0 Å². The van der Waals surface area contributed by atoms with Crippen LogP contribution in [0.1, 0.15) is 21.9 Å². The van der Waals surface area contributed by atoms with Gasteiger partial charge in [0.05, 0.1) is 23.2 Å². The predicted molar refractivity (Wildman–Crippen MR) is 94.7 cm³/mol. The third-order valence-corrected chi connectivity index (χ3v) is 7.54. The Labute approximate surface area is 156 Å². The van der Waals surface area contributed by atoms with Gasteiger partial charge in [0, 0.05) is 39.3 Å². The van der Waals surface area contributed by atoms with Gasteiger partial charge in [0.15, 0.2) is 0 Å². The first-order valence-corrected chi connectivity index (χ1v) is 10.4. The molecule has 2 aliphatic rings. The molecule has 0 bridgehead atoms. The van der Waals surface area contributed by atoms with E-state index >= 15 is 0 Å². The van der Waals surface area contributed by atoms with E-state index in [1.807, 2.05) is 0 Å². The minimum atomic E-state index is -3.49. The van der Waals surface area contributed by atoms with Crippen LogP contribution in [0.2, 0.25) is 0 Å². The number of furan rings is 1. The molecule has 0 N–H and O–H groups in total. The first-order valence-electron chi connectivity index (χ1n) is 8.20. The number of hydrogen-bond donors (Lipinski definition) is 0. The van der Waals surface area contributed by atoms with Crippen molar-refractivity contribution < 1.29 is 22.4 Å². The zero-order valence-corrected chi connectivity index (χ0v) is 16.7. The highest BCUT2D eigenvalue weighted by Crippen LogP contribution is 2.29. The molecule has 2 saturated heterocycles. The Morgan fingerprint density at radius 2 is 1.52 bits per heavy atom. The number of amides is 1. The maximum absolute atomic E-state index is 12.8. The predicted octanol–water partition coefficient (Wildman–Crippen LogP) is 0.994. The summed E-state index contributed by atoms with van der Waals surface area (Å²) < 4.78 is 39.6. The van der Waals surface area contributed by atoms with Crippen molar-refractivity contribution in [2.75, 3.05) is 52.5 Å². The first-order chi connectivity index (χ1) is 11.8. The summed E-state index contributed by atoms with van der Waals surface area (Å²) in [6.45, 7) is 6.44. The van der Waals surface area contributed by atoms with Crippen LogP contribution < -0.4 is 0 Å². The van der Waals surface area contributed by atoms with Gasteiger partial charge >= 0.3 is 0 Å². The average Bonchev–Trinajstić information content (AvgIpc) is 2.87. The molecule has 8 nitrogen and oxygen atoms in total. The number of aryl methyl sites for hydroxylation is 2. The molecule has 2 aliphatic heterocycles. The van der Waals surface area contributed by atoms with E-state index in [9.17, 15) is 13.2 Å². The zero-order chi connectivity index (χ0) is 18.2. The van der Waals surface area contributed by atoms with Gasteiger partial charge in [0.2, 0.25) is 0 Å². The Morgan fingerprint density at radius 3 is 2.04 bits per heavy atom. The summed E-state index contributed by atoms with van der Waals surface area (Å²) in [5.41, 5.74) is 0.516. The summed E-state index contributed by atoms with van der Waals surface area (Å²) >= 11 is 3.40. The number of halogens is 1. The van der Waals surface area contributed by atoms with E-state index in [1.165, 1.54) is 8.61 Å². The molecule has 1 aromatic heterocycles. The summed E-state index contributed by atoms with van der Waals surface area (Å²) in [6, 6.07) is 0. The largest absolute Gasteiger partial charge is 0.465 e. The van der Waals surface area contributed by atoms with Crippen LogP contribution in [0.5, 0.6) is 0 Å². The van der Waals surface area contributed by atoms with Crippen LogP contribution in [0.3, 0.4) is 0 Å². The minimum absolute atomic E-state index is 0.135. The molecule has 140 valence electrons. The molecule has 0 saturated carbocycles. The molecule has 0 atom stereocenters. The van der Waals surface area contributed by atoms with Crippen molar-refractivity contribution in [3.05, 3.63) is 21.6 Å². The smallest absolute Gasteiger partial charge is 0.282 e. The lowest BCUT2D eigenvalue weighted by Gasteiger charge is -2.37. The second-order valence-corrected chi connectivity index (χ2v) is 8.84. The fraction of sp³-hybridized carbons (Fsp3) is 0.667. The van der Waals surface area contributed by atoms with E-state index in [2.05, 4.69) is 15.9 Å². The number of morpholine rings is 1. The van der Waals surface area contributed by atoms with Crippen LogP contribution in [0.4, 0.5) is 0 Å². The standard InChI is InChI=1S/C15H22BrN3O5S/c1-11-13(14(16)12(2)24-11)15(20)17-3-5-18(6-4-17)25(21,22)19-7-9-23-10-8-19/h3-10H2,1-2H3. The van der Waals surface area contributed by atoms with Gasteiger partial charge in [0.1, 0.15) is 11.5 Å². The molecular weight excluding hydrogens is 414 g/mol. The molecule has 25 heavy (non-hydrogen) atoms. The first kappa shape index (κ1) is 18.8. The molecule has 0 spiro atoms. The SMILES string of the molecule is Cc1oc(C)c(C(=O)N2CCN(S(=O)(=O)N3CCOCC3)CC2)c1Br. The van der Waals surface area contributed by atoms with Crippen LogP contribution in [-0.2, 0) is 14.9 Å². The Hall–Kier alpha value is -0.940. The molecule has 2 fully saturated rings. The second-order valence-electron chi connectivity index (χ2n) is 6.11. The Balaban J connectivity index is 1.66. The van der Waals surface area contributed by atoms with E-state index < -0.39 is 10.2 Å². The molecule has 0 radical (unpaired) electrons. The summed E-state index contributed by atoms with van der Waals surface area (Å²) in [5, 5.41) is 0. The van der Waals surface area contributed by atoms with Crippen molar-refractivity contribution >= 4 is 32.0 Å². The summed E-state index contributed by atoms with van der Waals surface area (Å²) in [7, 11) is -3.49. The van der Waals surface area contributed by atoms with E-state index in [-0.39, 0.29) is 5.91 Å². The molecular formula is C15H22BrN3O5S. The van der Waals surface area contributed by atoms with Gasteiger partial charge in [-0.2, -0.15) is 17.0 Å². The van der Waals surface area contributed by atoms with E-state index in [4.69, 9.17) is 9.15 Å². The maximum atomic E-state index is 12.8. The topological polar surface area (TPSA) is 83.3 Å². The lowest BCUT2D eigenvalue weighted by atomic mass is 10.2. The lowest BCUT2D eigenvalue weighted by molar-refractivity contribution is 0.0635. The maximum Gasteiger partial charge on any atom is 0.282 e. The van der Waals surface area contributed by atoms with E-state index in [0.717, 1.165) is 0 Å². The minimum Gasteiger partial charge on any atom is -0.465 e. The number of nitrogens with zero attached hydrogens (tertiary/aromatic N) is 3. The van der Waals surface area contributed by atoms with Crippen LogP contribution >= 0.6 is 15.9 Å². The third kappa shape index (κ3) is 3.63. The highest BCUT2D eigenvalue weighted by atomic mass is 79.9. The van der Waals surface area contributed by atoms with Crippen molar-refractivity contribution in [3.63, 3.8) is 0 Å². The van der Waals surface area contributed by atoms with Crippen molar-refractivity contribution in [1.82, 2.24) is 13.5 Å². The highest BCUT2D eigenvalue weighted by Gasteiger charge is 2.35. The van der Waals surface area contributed by atoms with Gasteiger partial charge in [0.25, 0.3) is 16.1 Å². The van der Waals surface area contributed by atoms with Crippen molar-refractivity contribution in [3.8, 4) is 0 Å². The Morgan fingerprint density at radius 1 is 0.960 bits per heavy atom. The molecule has 0 aromatic carbocycles. The lowest BCUT2D eigenvalue weighted by Crippen LogP contribution is -2.55. The van der Waals surface area contributed by atoms with Crippen LogP contribution in [0.25, 0.3) is 0 Å². The van der Waals surface area contributed by atoms with Crippen molar-refractivity contribution in [2.45, 2.75) is 13.8 Å². The van der Waals surface area contributed by atoms with E-state index in [1.54, 1.807) is 18.7 Å². The summed E-state index contributed by atoms with van der Waals surface area (Å²) in [5.74, 6) is 1.09. The van der Waals surface area contributed by atoms with Gasteiger partial charge in [-0.1, -0.05) is 0 Å². The monoisotopic (exact) mass is 435 g/mol. The van der Waals surface area contributed by atoms with Gasteiger partial charge in [-0.15, -0.1) is 0 Å². The summed E-state index contributed by atoms with van der Waals surface area (Å²) in [6.07, 6.45) is 0. The average molecular weight is 436 g/mol. The number of rotatable bonds is 3. The fourth-order valence-electron chi connectivity index (χ4n) is 3.12. The van der Waals surface area contributed by atoms with Crippen LogP contribution in [0, 0.1) is 13.8 Å². The molecule has 1 amide bonds. The highest BCUT2D eigenvalue weighted by molar-refractivity contribution is 9.10. The number of hydrogen-bond acceptors (Lipinski definition) is 5. The number of ether oxygens (including phenoxy) is 1. The fourth-order valence-corrected chi connectivity index (χ4v) is 5.21. The van der Waals surface area contributed by atoms with Crippen LogP contribution in [0.15, 0.2) is 8.89 Å². The van der Waals surface area contributed by atoms with Crippen molar-refractivity contribution in [1.29, 1.82) is 0 Å². The van der Waals surface area contributed by atoms with Gasteiger partial charge in [-0.3, -0.25) is 4.79 Å². The Kier molecular flexibility index (Phi) is 5.54. The molecule has 0 unspecified atom stereocenters. The Bertz CT molecular complexity index is 749. The molecule has 0 aliphatic carbocycles. The quantitative estimate of drug-likeness (QED) is 0.706. The molecule has 1 aromatic rings. The van der Waals surface area contributed by atoms with Gasteiger partial charge in [-0.05, 0) is 29.8 Å². The third-order valence-electron chi connectivity index (χ3n) is 4.55. The van der Waals surface area contributed by atoms with Gasteiger partial charge < -0.3 is 14.1 Å². The van der Waals surface area contributed by atoms with Crippen molar-refractivity contribution in [2.24, 2.45) is 0 Å². The number of piperazine rings is 1. The molecule has 3 heterocycles. The number of carbonyl (C=O) groups excluding carboxylic acids is 1. The molecule has 3 rings (SSSR count). The summed E-state index contributed by atoms with van der Waals surface area (Å²) in [4.78, 5) is 14.4. The zero-order valence-electron chi connectivity index (χ0n) is 14.3.